The Hall–Kier alpha value is -0.960. The normalized spacial score (nSPS) is 24.6. The number of nitrogens with zero attached hydrogens (tertiary/aromatic N) is 2. The highest BCUT2D eigenvalue weighted by molar-refractivity contribution is 7.89. The van der Waals surface area contributed by atoms with Crippen molar-refractivity contribution in [1.29, 1.82) is 0 Å². The Balaban J connectivity index is 1.54. The van der Waals surface area contributed by atoms with Crippen LogP contribution < -0.4 is 0 Å². The molecule has 6 nitrogen and oxygen atoms in total. The van der Waals surface area contributed by atoms with Gasteiger partial charge in [-0.2, -0.15) is 8.61 Å². The number of hydrogen-bond acceptors (Lipinski definition) is 4. The van der Waals surface area contributed by atoms with Crippen LogP contribution in [0.4, 0.5) is 0 Å². The third-order valence-corrected chi connectivity index (χ3v) is 10.5. The highest BCUT2D eigenvalue weighted by Gasteiger charge is 2.40. The summed E-state index contributed by atoms with van der Waals surface area (Å²) in [5.74, 6) is 0. The molecule has 1 aliphatic carbocycles. The van der Waals surface area contributed by atoms with E-state index in [4.69, 9.17) is 0 Å². The molecule has 2 saturated heterocycles. The van der Waals surface area contributed by atoms with Gasteiger partial charge >= 0.3 is 0 Å². The van der Waals surface area contributed by atoms with Crippen LogP contribution in [0, 0.1) is 5.41 Å². The fraction of sp³-hybridized carbons (Fsp3) is 0.700. The summed E-state index contributed by atoms with van der Waals surface area (Å²) in [6.45, 7) is 2.23. The zero-order valence-electron chi connectivity index (χ0n) is 16.3. The minimum Gasteiger partial charge on any atom is -0.207 e. The van der Waals surface area contributed by atoms with Crippen LogP contribution in [0.3, 0.4) is 0 Å². The Labute approximate surface area is 169 Å². The summed E-state index contributed by atoms with van der Waals surface area (Å²) in [4.78, 5) is 0.372. The summed E-state index contributed by atoms with van der Waals surface area (Å²) < 4.78 is 54.8. The van der Waals surface area contributed by atoms with Crippen LogP contribution >= 0.6 is 0 Å². The van der Waals surface area contributed by atoms with E-state index in [0.717, 1.165) is 38.5 Å². The van der Waals surface area contributed by atoms with Gasteiger partial charge in [-0.05, 0) is 68.2 Å². The number of piperidine rings is 1. The molecule has 1 aromatic rings. The van der Waals surface area contributed by atoms with Gasteiger partial charge in [-0.25, -0.2) is 16.8 Å². The van der Waals surface area contributed by atoms with E-state index in [9.17, 15) is 16.8 Å². The zero-order chi connectivity index (χ0) is 19.8. The van der Waals surface area contributed by atoms with Crippen LogP contribution in [0.2, 0.25) is 0 Å². The molecule has 0 atom stereocenters. The molecule has 0 bridgehead atoms. The van der Waals surface area contributed by atoms with Crippen molar-refractivity contribution in [3.05, 3.63) is 24.3 Å². The van der Waals surface area contributed by atoms with E-state index in [0.29, 0.717) is 26.2 Å². The van der Waals surface area contributed by atoms with Gasteiger partial charge in [-0.1, -0.05) is 19.3 Å². The van der Waals surface area contributed by atoms with E-state index in [2.05, 4.69) is 0 Å². The van der Waals surface area contributed by atoms with Crippen molar-refractivity contribution in [1.82, 2.24) is 8.61 Å². The summed E-state index contributed by atoms with van der Waals surface area (Å²) in [6, 6.07) is 5.81. The van der Waals surface area contributed by atoms with Gasteiger partial charge < -0.3 is 0 Å². The predicted molar refractivity (Wildman–Crippen MR) is 108 cm³/mol. The van der Waals surface area contributed by atoms with Gasteiger partial charge in [0.1, 0.15) is 0 Å². The maximum absolute atomic E-state index is 13.2. The van der Waals surface area contributed by atoms with E-state index in [1.807, 2.05) is 0 Å². The summed E-state index contributed by atoms with van der Waals surface area (Å²) >= 11 is 0. The van der Waals surface area contributed by atoms with Gasteiger partial charge in [0, 0.05) is 26.2 Å². The lowest BCUT2D eigenvalue weighted by molar-refractivity contribution is 0.0965. The van der Waals surface area contributed by atoms with Crippen molar-refractivity contribution in [3.63, 3.8) is 0 Å². The molecule has 8 heteroatoms. The second-order valence-electron chi connectivity index (χ2n) is 8.59. The fourth-order valence-corrected chi connectivity index (χ4v) is 8.20. The SMILES string of the molecule is O=S(=O)(c1ccc(S(=O)(=O)N2CCCC3(CCCCC3)C2)cc1)N1CCCC1. The van der Waals surface area contributed by atoms with E-state index >= 15 is 0 Å². The summed E-state index contributed by atoms with van der Waals surface area (Å²) in [5, 5.41) is 0. The number of benzene rings is 1. The molecule has 1 spiro atoms. The quantitative estimate of drug-likeness (QED) is 0.741. The molecule has 2 heterocycles. The van der Waals surface area contributed by atoms with Gasteiger partial charge in [0.2, 0.25) is 20.0 Å². The highest BCUT2D eigenvalue weighted by Crippen LogP contribution is 2.44. The van der Waals surface area contributed by atoms with Crippen molar-refractivity contribution in [2.75, 3.05) is 26.2 Å². The van der Waals surface area contributed by atoms with Crippen LogP contribution in [0.25, 0.3) is 0 Å². The Morgan fingerprint density at radius 1 is 0.607 bits per heavy atom. The molecule has 28 heavy (non-hydrogen) atoms. The monoisotopic (exact) mass is 426 g/mol. The van der Waals surface area contributed by atoms with Crippen molar-refractivity contribution >= 4 is 20.0 Å². The third-order valence-electron chi connectivity index (χ3n) is 6.70. The second-order valence-corrected chi connectivity index (χ2v) is 12.5. The molecular weight excluding hydrogens is 396 g/mol. The average Bonchev–Trinajstić information content (AvgIpc) is 3.24. The average molecular weight is 427 g/mol. The molecule has 4 rings (SSSR count). The molecule has 2 aliphatic heterocycles. The van der Waals surface area contributed by atoms with Crippen LogP contribution in [-0.2, 0) is 20.0 Å². The first-order valence-corrected chi connectivity index (χ1v) is 13.3. The van der Waals surface area contributed by atoms with Gasteiger partial charge in [-0.3, -0.25) is 0 Å². The Bertz CT molecular complexity index is 893. The maximum Gasteiger partial charge on any atom is 0.243 e. The minimum absolute atomic E-state index is 0.141. The lowest BCUT2D eigenvalue weighted by atomic mass is 9.70. The van der Waals surface area contributed by atoms with E-state index in [-0.39, 0.29) is 15.2 Å². The van der Waals surface area contributed by atoms with E-state index < -0.39 is 20.0 Å². The Morgan fingerprint density at radius 3 is 1.64 bits per heavy atom. The summed E-state index contributed by atoms with van der Waals surface area (Å²) in [6.07, 6.45) is 9.64. The predicted octanol–water partition coefficient (Wildman–Crippen LogP) is 3.21. The van der Waals surface area contributed by atoms with Crippen LogP contribution in [-0.4, -0.2) is 51.6 Å². The molecule has 3 fully saturated rings. The lowest BCUT2D eigenvalue weighted by Crippen LogP contribution is -2.46. The van der Waals surface area contributed by atoms with Crippen molar-refractivity contribution in [3.8, 4) is 0 Å². The van der Waals surface area contributed by atoms with Gasteiger partial charge in [0.05, 0.1) is 9.79 Å². The zero-order valence-corrected chi connectivity index (χ0v) is 18.0. The second kappa shape index (κ2) is 7.70. The van der Waals surface area contributed by atoms with Crippen molar-refractivity contribution < 1.29 is 16.8 Å². The first kappa shape index (κ1) is 20.3. The number of hydrogen-bond donors (Lipinski definition) is 0. The van der Waals surface area contributed by atoms with Gasteiger partial charge in [0.15, 0.2) is 0 Å². The smallest absolute Gasteiger partial charge is 0.207 e. The third kappa shape index (κ3) is 3.76. The molecule has 0 radical (unpaired) electrons. The first-order chi connectivity index (χ1) is 13.3. The standard InChI is InChI=1S/C20H30N2O4S2/c23-27(24,21-14-4-5-15-21)18-7-9-19(10-8-18)28(25,26)22-16-6-13-20(17-22)11-2-1-3-12-20/h7-10H,1-6,11-17H2. The number of sulfonamides is 2. The first-order valence-electron chi connectivity index (χ1n) is 10.4. The largest absolute Gasteiger partial charge is 0.243 e. The van der Waals surface area contributed by atoms with Crippen LogP contribution in [0.5, 0.6) is 0 Å². The molecule has 0 unspecified atom stereocenters. The van der Waals surface area contributed by atoms with Crippen LogP contribution in [0.1, 0.15) is 57.8 Å². The van der Waals surface area contributed by atoms with Crippen molar-refractivity contribution in [2.24, 2.45) is 5.41 Å². The molecule has 3 aliphatic rings. The Kier molecular flexibility index (Phi) is 5.59. The topological polar surface area (TPSA) is 74.8 Å². The molecule has 1 saturated carbocycles. The molecule has 1 aromatic carbocycles. The molecule has 0 N–H and O–H groups in total. The highest BCUT2D eigenvalue weighted by atomic mass is 32.2. The summed E-state index contributed by atoms with van der Waals surface area (Å²) in [7, 11) is -7.12. The lowest BCUT2D eigenvalue weighted by Gasteiger charge is -2.44. The van der Waals surface area contributed by atoms with Gasteiger partial charge in [0.25, 0.3) is 0 Å². The molecule has 156 valence electrons. The number of rotatable bonds is 4. The van der Waals surface area contributed by atoms with Gasteiger partial charge in [-0.15, -0.1) is 0 Å². The van der Waals surface area contributed by atoms with Crippen LogP contribution in [0.15, 0.2) is 34.1 Å². The molecule has 0 amide bonds. The Morgan fingerprint density at radius 2 is 1.07 bits per heavy atom. The van der Waals surface area contributed by atoms with Crippen molar-refractivity contribution in [2.45, 2.75) is 67.6 Å². The molecule has 0 aromatic heterocycles. The summed E-state index contributed by atoms with van der Waals surface area (Å²) in [5.41, 5.74) is 0.141. The fourth-order valence-electron chi connectivity index (χ4n) is 5.09. The minimum atomic E-state index is -3.59. The van der Waals surface area contributed by atoms with E-state index in [1.54, 1.807) is 4.31 Å². The molecular formula is C20H30N2O4S2. The maximum atomic E-state index is 13.2. The van der Waals surface area contributed by atoms with E-state index in [1.165, 1.54) is 47.8 Å².